The van der Waals surface area contributed by atoms with E-state index in [0.717, 1.165) is 23.3 Å². The van der Waals surface area contributed by atoms with E-state index < -0.39 is 17.7 Å². The number of fused-ring (bicyclic) bond motifs is 1. The molecular weight excluding hydrogens is 641 g/mol. The molecule has 1 amide bonds. The van der Waals surface area contributed by atoms with Crippen LogP contribution in [0, 0.1) is 0 Å². The van der Waals surface area contributed by atoms with E-state index in [1.54, 1.807) is 48.5 Å². The summed E-state index contributed by atoms with van der Waals surface area (Å²) in [5.41, 5.74) is 2.78. The normalized spacial score (nSPS) is 18.9. The van der Waals surface area contributed by atoms with E-state index in [2.05, 4.69) is 10.2 Å². The summed E-state index contributed by atoms with van der Waals surface area (Å²) in [6, 6.07) is 16.8. The van der Waals surface area contributed by atoms with Gasteiger partial charge in [0, 0.05) is 27.8 Å². The van der Waals surface area contributed by atoms with Crippen molar-refractivity contribution in [1.29, 1.82) is 0 Å². The SMILES string of the molecule is CCCOc1cccc([C@@H]2/C(=C(\O)c3ccc4c(c3)C[C@H](C)O4)C(=O)C(=O)N2c2nnc(SCc3ccc(Cl)cc3Cl)s2)c1. The van der Waals surface area contributed by atoms with Crippen molar-refractivity contribution in [3.05, 3.63) is 98.5 Å². The fourth-order valence-corrected chi connectivity index (χ4v) is 7.63. The van der Waals surface area contributed by atoms with E-state index in [0.29, 0.717) is 50.0 Å². The van der Waals surface area contributed by atoms with Gasteiger partial charge in [0.15, 0.2) is 4.34 Å². The second kappa shape index (κ2) is 12.8. The predicted molar refractivity (Wildman–Crippen MR) is 173 cm³/mol. The highest BCUT2D eigenvalue weighted by atomic mass is 35.5. The maximum absolute atomic E-state index is 13.7. The van der Waals surface area contributed by atoms with Crippen LogP contribution in [0.4, 0.5) is 5.13 Å². The maximum atomic E-state index is 13.7. The zero-order valence-corrected chi connectivity index (χ0v) is 26.9. The van der Waals surface area contributed by atoms with Gasteiger partial charge in [0.05, 0.1) is 18.2 Å². The van der Waals surface area contributed by atoms with E-state index >= 15 is 0 Å². The third-order valence-electron chi connectivity index (χ3n) is 7.23. The van der Waals surface area contributed by atoms with Crippen LogP contribution in [-0.2, 0) is 21.8 Å². The van der Waals surface area contributed by atoms with Crippen molar-refractivity contribution >= 4 is 68.9 Å². The Morgan fingerprint density at radius 2 is 1.98 bits per heavy atom. The molecule has 12 heteroatoms. The molecule has 4 aromatic rings. The number of aromatic nitrogens is 2. The maximum Gasteiger partial charge on any atom is 0.301 e. The molecule has 1 saturated heterocycles. The number of carbonyl (C=O) groups excluding carboxylic acids is 2. The molecule has 3 aromatic carbocycles. The first-order valence-electron chi connectivity index (χ1n) is 14.0. The molecule has 6 rings (SSSR count). The van der Waals surface area contributed by atoms with Crippen LogP contribution in [-0.4, -0.2) is 39.7 Å². The lowest BCUT2D eigenvalue weighted by Crippen LogP contribution is -2.29. The zero-order valence-electron chi connectivity index (χ0n) is 23.8. The number of nitrogens with zero attached hydrogens (tertiary/aromatic N) is 3. The summed E-state index contributed by atoms with van der Waals surface area (Å²) in [6.07, 6.45) is 1.51. The minimum Gasteiger partial charge on any atom is -0.507 e. The summed E-state index contributed by atoms with van der Waals surface area (Å²) in [6.45, 7) is 4.48. The number of ether oxygens (including phenoxy) is 2. The van der Waals surface area contributed by atoms with Crippen LogP contribution in [0.25, 0.3) is 5.76 Å². The zero-order chi connectivity index (χ0) is 31.0. The standard InChI is InChI=1S/C32H27Cl2N3O5S2/c1-3-11-41-23-6-4-5-18(14-23)27-26(28(38)19-8-10-25-21(13-19)12-17(2)42-25)29(39)30(40)37(27)31-35-36-32(44-31)43-16-20-7-9-22(33)15-24(20)34/h4-10,13-15,17,27,38H,3,11-12,16H2,1-2H3/b28-26+/t17-,27+/m0/s1. The van der Waals surface area contributed by atoms with E-state index in [-0.39, 0.29) is 22.6 Å². The molecule has 0 aliphatic carbocycles. The number of hydrogen-bond donors (Lipinski definition) is 1. The molecule has 0 saturated carbocycles. The average molecular weight is 669 g/mol. The Balaban J connectivity index is 1.39. The molecule has 1 N–H and O–H groups in total. The first-order chi connectivity index (χ1) is 21.2. The molecule has 3 heterocycles. The van der Waals surface area contributed by atoms with Crippen molar-refractivity contribution in [1.82, 2.24) is 10.2 Å². The Kier molecular flexibility index (Phi) is 8.87. The fraction of sp³-hybridized carbons (Fsp3) is 0.250. The first-order valence-corrected chi connectivity index (χ1v) is 16.5. The quantitative estimate of drug-likeness (QED) is 0.0632. The number of halogens is 2. The number of hydrogen-bond acceptors (Lipinski definition) is 9. The molecule has 2 aliphatic heterocycles. The molecule has 2 atom stereocenters. The molecule has 226 valence electrons. The molecule has 0 bridgehead atoms. The van der Waals surface area contributed by atoms with Gasteiger partial charge in [-0.2, -0.15) is 0 Å². The summed E-state index contributed by atoms with van der Waals surface area (Å²) < 4.78 is 12.2. The van der Waals surface area contributed by atoms with Gasteiger partial charge in [-0.15, -0.1) is 10.2 Å². The van der Waals surface area contributed by atoms with Crippen molar-refractivity contribution in [3.8, 4) is 11.5 Å². The van der Waals surface area contributed by atoms with Gasteiger partial charge in [0.1, 0.15) is 23.4 Å². The lowest BCUT2D eigenvalue weighted by Gasteiger charge is -2.23. The molecule has 1 aromatic heterocycles. The van der Waals surface area contributed by atoms with Crippen molar-refractivity contribution in [2.75, 3.05) is 11.5 Å². The summed E-state index contributed by atoms with van der Waals surface area (Å²) >= 11 is 14.9. The topological polar surface area (TPSA) is 102 Å². The minimum absolute atomic E-state index is 0.0130. The van der Waals surface area contributed by atoms with Crippen LogP contribution in [0.15, 0.2) is 70.6 Å². The van der Waals surface area contributed by atoms with Crippen molar-refractivity contribution in [2.45, 2.75) is 48.9 Å². The Hall–Kier alpha value is -3.57. The van der Waals surface area contributed by atoms with Gasteiger partial charge in [0.25, 0.3) is 5.78 Å². The number of rotatable bonds is 9. The van der Waals surface area contributed by atoms with Gasteiger partial charge in [0.2, 0.25) is 5.13 Å². The second-order valence-electron chi connectivity index (χ2n) is 10.4. The van der Waals surface area contributed by atoms with Gasteiger partial charge in [-0.1, -0.05) is 71.4 Å². The van der Waals surface area contributed by atoms with Crippen LogP contribution >= 0.6 is 46.3 Å². The number of ketones is 1. The van der Waals surface area contributed by atoms with Gasteiger partial charge in [-0.25, -0.2) is 0 Å². The lowest BCUT2D eigenvalue weighted by atomic mass is 9.94. The Bertz CT molecular complexity index is 1790. The van der Waals surface area contributed by atoms with Gasteiger partial charge in [-0.05, 0) is 72.5 Å². The highest BCUT2D eigenvalue weighted by molar-refractivity contribution is 8.00. The van der Waals surface area contributed by atoms with Gasteiger partial charge < -0.3 is 14.6 Å². The number of benzene rings is 3. The number of aliphatic hydroxyl groups is 1. The largest absolute Gasteiger partial charge is 0.507 e. The van der Waals surface area contributed by atoms with Crippen LogP contribution in [0.3, 0.4) is 0 Å². The molecule has 1 fully saturated rings. The molecule has 0 unspecified atom stereocenters. The fourth-order valence-electron chi connectivity index (χ4n) is 5.20. The number of amides is 1. The average Bonchev–Trinajstić information content (AvgIpc) is 3.70. The number of Topliss-reactive ketones (excluding diaryl/α,β-unsaturated/α-hetero) is 1. The molecule has 8 nitrogen and oxygen atoms in total. The van der Waals surface area contributed by atoms with Crippen molar-refractivity contribution in [3.63, 3.8) is 0 Å². The Morgan fingerprint density at radius 1 is 1.14 bits per heavy atom. The number of thioether (sulfide) groups is 1. The number of carbonyl (C=O) groups is 2. The molecule has 2 aliphatic rings. The highest BCUT2D eigenvalue weighted by Crippen LogP contribution is 2.45. The van der Waals surface area contributed by atoms with Crippen LogP contribution in [0.1, 0.15) is 48.6 Å². The summed E-state index contributed by atoms with van der Waals surface area (Å²) in [5.74, 6) is -0.0466. The number of aliphatic hydroxyl groups excluding tert-OH is 1. The molecule has 0 radical (unpaired) electrons. The smallest absolute Gasteiger partial charge is 0.301 e. The first kappa shape index (κ1) is 30.5. The molecule has 44 heavy (non-hydrogen) atoms. The van der Waals surface area contributed by atoms with Crippen molar-refractivity contribution in [2.24, 2.45) is 0 Å². The van der Waals surface area contributed by atoms with Crippen molar-refractivity contribution < 1.29 is 24.2 Å². The van der Waals surface area contributed by atoms with E-state index in [9.17, 15) is 14.7 Å². The summed E-state index contributed by atoms with van der Waals surface area (Å²) in [5, 5.41) is 21.5. The second-order valence-corrected chi connectivity index (χ2v) is 13.4. The third kappa shape index (κ3) is 6.04. The molecular formula is C32H27Cl2N3O5S2. The van der Waals surface area contributed by atoms with E-state index in [1.165, 1.54) is 28.0 Å². The van der Waals surface area contributed by atoms with Crippen LogP contribution < -0.4 is 14.4 Å². The minimum atomic E-state index is -0.958. The van der Waals surface area contributed by atoms with Crippen LogP contribution in [0.5, 0.6) is 11.5 Å². The van der Waals surface area contributed by atoms with Gasteiger partial charge >= 0.3 is 5.91 Å². The Morgan fingerprint density at radius 3 is 2.77 bits per heavy atom. The van der Waals surface area contributed by atoms with Crippen LogP contribution in [0.2, 0.25) is 10.0 Å². The third-order valence-corrected chi connectivity index (χ3v) is 9.92. The summed E-state index contributed by atoms with van der Waals surface area (Å²) in [4.78, 5) is 28.7. The van der Waals surface area contributed by atoms with Gasteiger partial charge in [-0.3, -0.25) is 14.5 Å². The highest BCUT2D eigenvalue weighted by Gasteiger charge is 2.48. The number of anilines is 1. The van der Waals surface area contributed by atoms with E-state index in [4.69, 9.17) is 32.7 Å². The Labute approximate surface area is 272 Å². The van der Waals surface area contributed by atoms with E-state index in [1.807, 2.05) is 26.0 Å². The lowest BCUT2D eigenvalue weighted by molar-refractivity contribution is -0.132. The monoisotopic (exact) mass is 667 g/mol. The molecule has 0 spiro atoms. The summed E-state index contributed by atoms with van der Waals surface area (Å²) in [7, 11) is 0. The predicted octanol–water partition coefficient (Wildman–Crippen LogP) is 7.88.